The van der Waals surface area contributed by atoms with Gasteiger partial charge in [0, 0.05) is 16.6 Å². The molecule has 122 valence electrons. The number of carbonyl (C=O) groups is 1. The zero-order chi connectivity index (χ0) is 16.9. The van der Waals surface area contributed by atoms with Gasteiger partial charge in [-0.25, -0.2) is 9.37 Å². The number of amides is 1. The lowest BCUT2D eigenvalue weighted by atomic mass is 10.1. The maximum atomic E-state index is 12.8. The molecule has 1 aromatic heterocycles. The highest BCUT2D eigenvalue weighted by Gasteiger charge is 2.08. The van der Waals surface area contributed by atoms with Crippen LogP contribution in [-0.4, -0.2) is 16.6 Å². The highest BCUT2D eigenvalue weighted by molar-refractivity contribution is 8.01. The summed E-state index contributed by atoms with van der Waals surface area (Å²) in [6, 6.07) is 13.9. The number of nitrogens with one attached hydrogen (secondary N) is 1. The van der Waals surface area contributed by atoms with Crippen LogP contribution in [-0.2, 0) is 4.79 Å². The van der Waals surface area contributed by atoms with E-state index in [0.29, 0.717) is 5.69 Å². The average Bonchev–Trinajstić information content (AvgIpc) is 3.05. The van der Waals surface area contributed by atoms with Crippen LogP contribution in [0.15, 0.2) is 58.3 Å². The number of aromatic nitrogens is 1. The molecule has 0 bridgehead atoms. The molecule has 0 aliphatic heterocycles. The zero-order valence-corrected chi connectivity index (χ0v) is 14.6. The van der Waals surface area contributed by atoms with E-state index in [1.165, 1.54) is 52.9 Å². The molecule has 0 aliphatic carbocycles. The monoisotopic (exact) mass is 358 g/mol. The Balaban J connectivity index is 1.56. The fourth-order valence-corrected chi connectivity index (χ4v) is 3.67. The number of carbonyl (C=O) groups excluding carboxylic acids is 1. The summed E-state index contributed by atoms with van der Waals surface area (Å²) in [6.07, 6.45) is 0. The summed E-state index contributed by atoms with van der Waals surface area (Å²) in [5.74, 6) is -0.203. The average molecular weight is 358 g/mol. The number of thiazole rings is 1. The summed E-state index contributed by atoms with van der Waals surface area (Å²) in [6.45, 7) is 2.05. The van der Waals surface area contributed by atoms with Gasteiger partial charge in [-0.1, -0.05) is 41.6 Å². The summed E-state index contributed by atoms with van der Waals surface area (Å²) in [5, 5.41) is 4.73. The van der Waals surface area contributed by atoms with Gasteiger partial charge in [0.05, 0.1) is 11.4 Å². The molecule has 0 saturated heterocycles. The summed E-state index contributed by atoms with van der Waals surface area (Å²) < 4.78 is 13.7. The summed E-state index contributed by atoms with van der Waals surface area (Å²) >= 11 is 2.91. The van der Waals surface area contributed by atoms with Crippen molar-refractivity contribution in [1.82, 2.24) is 4.98 Å². The minimum absolute atomic E-state index is 0.140. The largest absolute Gasteiger partial charge is 0.325 e. The fourth-order valence-electron chi connectivity index (χ4n) is 2.04. The Morgan fingerprint density at radius 3 is 2.58 bits per heavy atom. The van der Waals surface area contributed by atoms with Crippen LogP contribution < -0.4 is 5.32 Å². The second-order valence-corrected chi connectivity index (χ2v) is 7.29. The first kappa shape index (κ1) is 16.7. The van der Waals surface area contributed by atoms with Crippen LogP contribution in [0.25, 0.3) is 11.3 Å². The van der Waals surface area contributed by atoms with Crippen LogP contribution in [0, 0.1) is 12.7 Å². The van der Waals surface area contributed by atoms with Gasteiger partial charge < -0.3 is 5.32 Å². The van der Waals surface area contributed by atoms with Crippen molar-refractivity contribution >= 4 is 34.7 Å². The molecule has 24 heavy (non-hydrogen) atoms. The van der Waals surface area contributed by atoms with Crippen molar-refractivity contribution in [3.05, 3.63) is 65.3 Å². The third-order valence-electron chi connectivity index (χ3n) is 3.29. The Labute approximate surface area is 148 Å². The molecule has 0 saturated carbocycles. The number of thioether (sulfide) groups is 1. The summed E-state index contributed by atoms with van der Waals surface area (Å²) in [4.78, 5) is 16.5. The fraction of sp³-hybridized carbons (Fsp3) is 0.111. The lowest BCUT2D eigenvalue weighted by molar-refractivity contribution is -0.113. The lowest BCUT2D eigenvalue weighted by Gasteiger charge is -2.03. The molecule has 3 aromatic rings. The van der Waals surface area contributed by atoms with Crippen molar-refractivity contribution in [3.8, 4) is 11.3 Å². The topological polar surface area (TPSA) is 42.0 Å². The molecule has 0 spiro atoms. The minimum Gasteiger partial charge on any atom is -0.325 e. The van der Waals surface area contributed by atoms with Gasteiger partial charge in [0.2, 0.25) is 5.91 Å². The Morgan fingerprint density at radius 2 is 1.88 bits per heavy atom. The van der Waals surface area contributed by atoms with Crippen molar-refractivity contribution in [3.63, 3.8) is 0 Å². The summed E-state index contributed by atoms with van der Waals surface area (Å²) in [5.41, 5.74) is 3.78. The third-order valence-corrected chi connectivity index (χ3v) is 5.31. The minimum atomic E-state index is -0.325. The van der Waals surface area contributed by atoms with Crippen LogP contribution in [0.3, 0.4) is 0 Å². The van der Waals surface area contributed by atoms with Gasteiger partial charge in [-0.05, 0) is 31.2 Å². The maximum Gasteiger partial charge on any atom is 0.234 e. The number of benzene rings is 2. The summed E-state index contributed by atoms with van der Waals surface area (Å²) in [7, 11) is 0. The number of halogens is 1. The Bertz CT molecular complexity index is 829. The highest BCUT2D eigenvalue weighted by atomic mass is 32.2. The molecular formula is C18H15FN2OS2. The van der Waals surface area contributed by atoms with Crippen molar-refractivity contribution < 1.29 is 9.18 Å². The van der Waals surface area contributed by atoms with Crippen molar-refractivity contribution in [1.29, 1.82) is 0 Å². The van der Waals surface area contributed by atoms with Gasteiger partial charge in [-0.3, -0.25) is 4.79 Å². The SMILES string of the molecule is Cc1ccc(-c2csc(SCC(=O)Nc3ccc(F)cc3)n2)cc1. The van der Waals surface area contributed by atoms with Gasteiger partial charge in [0.1, 0.15) is 5.82 Å². The van der Waals surface area contributed by atoms with E-state index in [2.05, 4.69) is 22.4 Å². The number of nitrogens with zero attached hydrogens (tertiary/aromatic N) is 1. The lowest BCUT2D eigenvalue weighted by Crippen LogP contribution is -2.13. The van der Waals surface area contributed by atoms with Crippen molar-refractivity contribution in [2.45, 2.75) is 11.3 Å². The van der Waals surface area contributed by atoms with E-state index in [-0.39, 0.29) is 17.5 Å². The Morgan fingerprint density at radius 1 is 1.17 bits per heavy atom. The Kier molecular flexibility index (Phi) is 5.27. The molecule has 0 aliphatic rings. The normalized spacial score (nSPS) is 10.6. The molecule has 0 atom stereocenters. The molecule has 3 rings (SSSR count). The molecule has 0 unspecified atom stereocenters. The van der Waals surface area contributed by atoms with E-state index in [1.807, 2.05) is 24.4 Å². The van der Waals surface area contributed by atoms with E-state index in [0.717, 1.165) is 15.6 Å². The first-order valence-electron chi connectivity index (χ1n) is 7.31. The van der Waals surface area contributed by atoms with E-state index < -0.39 is 0 Å². The zero-order valence-electron chi connectivity index (χ0n) is 13.0. The number of rotatable bonds is 5. The molecule has 2 aromatic carbocycles. The molecule has 1 N–H and O–H groups in total. The van der Waals surface area contributed by atoms with E-state index in [9.17, 15) is 9.18 Å². The van der Waals surface area contributed by atoms with Crippen LogP contribution in [0.5, 0.6) is 0 Å². The second kappa shape index (κ2) is 7.59. The van der Waals surface area contributed by atoms with E-state index >= 15 is 0 Å². The molecule has 6 heteroatoms. The number of hydrogen-bond donors (Lipinski definition) is 1. The van der Waals surface area contributed by atoms with Crippen molar-refractivity contribution in [2.75, 3.05) is 11.1 Å². The molecule has 1 heterocycles. The van der Waals surface area contributed by atoms with E-state index in [1.54, 1.807) is 0 Å². The molecule has 0 radical (unpaired) electrons. The van der Waals surface area contributed by atoms with Gasteiger partial charge in [0.25, 0.3) is 0 Å². The van der Waals surface area contributed by atoms with Crippen LogP contribution >= 0.6 is 23.1 Å². The van der Waals surface area contributed by atoms with Crippen molar-refractivity contribution in [2.24, 2.45) is 0 Å². The van der Waals surface area contributed by atoms with Gasteiger partial charge in [-0.15, -0.1) is 11.3 Å². The van der Waals surface area contributed by atoms with E-state index in [4.69, 9.17) is 0 Å². The predicted octanol–water partition coefficient (Wildman–Crippen LogP) is 4.99. The van der Waals surface area contributed by atoms with Crippen LogP contribution in [0.4, 0.5) is 10.1 Å². The predicted molar refractivity (Wildman–Crippen MR) is 98.0 cm³/mol. The second-order valence-electron chi connectivity index (χ2n) is 5.21. The third kappa shape index (κ3) is 4.43. The first-order valence-corrected chi connectivity index (χ1v) is 9.17. The molecular weight excluding hydrogens is 343 g/mol. The smallest absolute Gasteiger partial charge is 0.234 e. The maximum absolute atomic E-state index is 12.8. The van der Waals surface area contributed by atoms with Crippen LogP contribution in [0.1, 0.15) is 5.56 Å². The van der Waals surface area contributed by atoms with Gasteiger partial charge >= 0.3 is 0 Å². The highest BCUT2D eigenvalue weighted by Crippen LogP contribution is 2.28. The first-order chi connectivity index (χ1) is 11.6. The number of anilines is 1. The van der Waals surface area contributed by atoms with Crippen LogP contribution in [0.2, 0.25) is 0 Å². The van der Waals surface area contributed by atoms with Gasteiger partial charge in [-0.2, -0.15) is 0 Å². The quantitative estimate of drug-likeness (QED) is 0.654. The molecule has 1 amide bonds. The molecule has 0 fully saturated rings. The number of aryl methyl sites for hydroxylation is 1. The molecule has 3 nitrogen and oxygen atoms in total. The van der Waals surface area contributed by atoms with Gasteiger partial charge in [0.15, 0.2) is 4.34 Å². The Hall–Kier alpha value is -2.18. The number of hydrogen-bond acceptors (Lipinski definition) is 4. The standard InChI is InChI=1S/C18H15FN2OS2/c1-12-2-4-13(5-3-12)16-10-23-18(21-16)24-11-17(22)20-15-8-6-14(19)7-9-15/h2-10H,11H2,1H3,(H,20,22).